The Labute approximate surface area is 684 Å². The Kier molecular flexibility index (Phi) is 33.4. The van der Waals surface area contributed by atoms with Crippen molar-refractivity contribution >= 4 is 99.3 Å². The number of fused-ring (bicyclic) bond motifs is 10. The van der Waals surface area contributed by atoms with Gasteiger partial charge < -0.3 is 37.9 Å². The van der Waals surface area contributed by atoms with E-state index in [-0.39, 0.29) is 48.3 Å². The average Bonchev–Trinajstić information content (AvgIpc) is 0.773. The van der Waals surface area contributed by atoms with Gasteiger partial charge in [-0.3, -0.25) is 0 Å². The van der Waals surface area contributed by atoms with Crippen LogP contribution in [-0.2, 0) is 57.1 Å². The zero-order valence-electron chi connectivity index (χ0n) is 71.3. The van der Waals surface area contributed by atoms with E-state index in [4.69, 9.17) is 37.9 Å². The molecule has 0 saturated heterocycles. The molecule has 0 aliphatic heterocycles. The summed E-state index contributed by atoms with van der Waals surface area (Å²) < 4.78 is 47.5. The molecule has 0 fully saturated rings. The summed E-state index contributed by atoms with van der Waals surface area (Å²) in [7, 11) is 0. The van der Waals surface area contributed by atoms with Crippen molar-refractivity contribution in [1.29, 1.82) is 0 Å². The van der Waals surface area contributed by atoms with Crippen molar-refractivity contribution in [3.63, 3.8) is 0 Å². The van der Waals surface area contributed by atoms with Crippen molar-refractivity contribution in [2.24, 2.45) is 0 Å². The minimum absolute atomic E-state index is 0.0112. The predicted octanol–water partition coefficient (Wildman–Crippen LogP) is 27.0. The first-order valence-corrected chi connectivity index (χ1v) is 41.3. The van der Waals surface area contributed by atoms with Crippen LogP contribution in [0.3, 0.4) is 0 Å². The Morgan fingerprint density at radius 2 is 0.574 bits per heavy atom. The van der Waals surface area contributed by atoms with Gasteiger partial charge in [-0.1, -0.05) is 257 Å². The topological polar surface area (TPSA) is 142 Å². The van der Waals surface area contributed by atoms with Gasteiger partial charge in [-0.15, -0.1) is 0 Å². The SMILES string of the molecule is C=C(C)C(=O)OC(C)(CC)CCOC(C)c1cc2ccccc2c2ccccc12.C=C(C)C(=O)OC(CC)(CC)CCOC(C)c1ccc2c(ccc3ccccc32)c1.C=C(C)C(=O)OC(CC)(CC)CCOC(C)c1ccc2ccc3ccccc3c2c1.C=C(C)C(=O)OC(CC)(CC)CCOC(C)c1ccc2ccccc2c1. The summed E-state index contributed by atoms with van der Waals surface area (Å²) in [5.74, 6) is -1.32. The molecule has 0 amide bonds. The van der Waals surface area contributed by atoms with Crippen LogP contribution in [0.5, 0.6) is 0 Å². The van der Waals surface area contributed by atoms with E-state index in [9.17, 15) is 19.2 Å². The van der Waals surface area contributed by atoms with E-state index in [1.807, 2.05) is 67.5 Å². The highest BCUT2D eigenvalue weighted by Crippen LogP contribution is 2.38. The smallest absolute Gasteiger partial charge is 0.333 e. The quantitative estimate of drug-likeness (QED) is 0.0161. The lowest BCUT2D eigenvalue weighted by Crippen LogP contribution is -2.35. The number of hydrogen-bond acceptors (Lipinski definition) is 12. The zero-order chi connectivity index (χ0) is 83.6. The second-order valence-electron chi connectivity index (χ2n) is 31.1. The van der Waals surface area contributed by atoms with Crippen molar-refractivity contribution in [2.75, 3.05) is 26.4 Å². The summed E-state index contributed by atoms with van der Waals surface area (Å²) in [5, 5.41) is 17.3. The van der Waals surface area contributed by atoms with Crippen molar-refractivity contribution in [1.82, 2.24) is 0 Å². The minimum atomic E-state index is -0.554. The van der Waals surface area contributed by atoms with E-state index in [2.05, 4.69) is 248 Å². The maximum atomic E-state index is 12.1. The molecule has 0 spiro atoms. The molecule has 608 valence electrons. The van der Waals surface area contributed by atoms with Crippen LogP contribution >= 0.6 is 0 Å². The van der Waals surface area contributed by atoms with Gasteiger partial charge in [-0.05, 0) is 229 Å². The van der Waals surface area contributed by atoms with Crippen LogP contribution in [0.25, 0.3) is 75.4 Å². The van der Waals surface area contributed by atoms with Gasteiger partial charge in [0.2, 0.25) is 0 Å². The minimum Gasteiger partial charge on any atom is -0.456 e. The highest BCUT2D eigenvalue weighted by Gasteiger charge is 2.34. The standard InChI is InChI=1S/2C27H32O3.C26H30O3.C23H30O3/c1-6-27(7-2,30-26(28)19(3)4)16-17-29-20(5)22-14-15-25-23(18-22)13-12-21-10-8-9-11-24(21)25;1-6-27(7-2,30-26(28)19(3)4)16-17-29-20(5)23-15-14-22-13-12-21-10-8-9-11-24(21)25(22)18-23;1-6-26(5,29-25(27)18(2)3)15-16-28-19(4)24-17-20-11-7-8-12-21(20)22-13-9-10-14-23(22)24;1-6-23(7-2,26-22(24)17(3)4)14-15-25-18(5)20-13-12-19-10-8-9-11-21(19)16-20/h2*8-15,18,20H,3,6-7,16-17H2,1-2,4-5H3;7-14,17,19H,2,6,15-16H2,1,3-5H3;8-13,16,18H,3,6-7,14-15H2,1-2,4-5H3. The molecule has 0 aromatic heterocycles. The van der Waals surface area contributed by atoms with Gasteiger partial charge in [0, 0.05) is 48.0 Å². The molecule has 0 bridgehead atoms. The third kappa shape index (κ3) is 24.3. The first-order chi connectivity index (χ1) is 55.0. The molecule has 5 atom stereocenters. The fourth-order valence-corrected chi connectivity index (χ4v) is 14.4. The first kappa shape index (κ1) is 90.5. The molecule has 0 aliphatic rings. The zero-order valence-corrected chi connectivity index (χ0v) is 71.3. The van der Waals surface area contributed by atoms with Gasteiger partial charge in [0.05, 0.1) is 50.8 Å². The van der Waals surface area contributed by atoms with Gasteiger partial charge in [-0.2, -0.15) is 0 Å². The van der Waals surface area contributed by atoms with Gasteiger partial charge in [0.1, 0.15) is 22.4 Å². The number of carbonyl (C=O) groups is 4. The largest absolute Gasteiger partial charge is 0.456 e. The molecule has 11 rings (SSSR count). The van der Waals surface area contributed by atoms with Crippen molar-refractivity contribution in [3.05, 3.63) is 277 Å². The lowest BCUT2D eigenvalue weighted by atomic mass is 9.93. The average molecular weight is 1550 g/mol. The van der Waals surface area contributed by atoms with Gasteiger partial charge in [0.15, 0.2) is 0 Å². The number of rotatable bonds is 35. The molecule has 0 heterocycles. The Morgan fingerprint density at radius 3 is 1.01 bits per heavy atom. The lowest BCUT2D eigenvalue weighted by molar-refractivity contribution is -0.159. The number of hydrogen-bond donors (Lipinski definition) is 0. The van der Waals surface area contributed by atoms with E-state index < -0.39 is 22.4 Å². The second-order valence-corrected chi connectivity index (χ2v) is 31.1. The fraction of sp³-hybridized carbons (Fsp3) is 0.379. The number of esters is 4. The van der Waals surface area contributed by atoms with Crippen LogP contribution in [0.1, 0.15) is 228 Å². The maximum Gasteiger partial charge on any atom is 0.333 e. The molecule has 0 radical (unpaired) electrons. The molecule has 11 aromatic carbocycles. The molecule has 0 N–H and O–H groups in total. The highest BCUT2D eigenvalue weighted by atomic mass is 16.6. The summed E-state index contributed by atoms with van der Waals surface area (Å²) in [5.41, 5.74) is 4.29. The molecule has 0 aliphatic carbocycles. The van der Waals surface area contributed by atoms with E-state index in [0.29, 0.717) is 74.4 Å². The van der Waals surface area contributed by atoms with Gasteiger partial charge in [0.25, 0.3) is 0 Å². The summed E-state index contributed by atoms with van der Waals surface area (Å²) in [6, 6.07) is 72.5. The Balaban J connectivity index is 0.000000192. The van der Waals surface area contributed by atoms with Gasteiger partial charge in [-0.25, -0.2) is 19.2 Å². The Bertz CT molecular complexity index is 5170. The molecule has 115 heavy (non-hydrogen) atoms. The van der Waals surface area contributed by atoms with E-state index in [1.165, 1.54) is 81.0 Å². The number of carbonyl (C=O) groups excluding carboxylic acids is 4. The van der Waals surface area contributed by atoms with Crippen LogP contribution in [0.4, 0.5) is 0 Å². The summed E-state index contributed by atoms with van der Waals surface area (Å²) >= 11 is 0. The second kappa shape index (κ2) is 42.5. The molecule has 5 unspecified atom stereocenters. The molecule has 11 aromatic rings. The molecule has 12 nitrogen and oxygen atoms in total. The van der Waals surface area contributed by atoms with E-state index >= 15 is 0 Å². The van der Waals surface area contributed by atoms with Crippen LogP contribution in [-0.4, -0.2) is 72.7 Å². The summed E-state index contributed by atoms with van der Waals surface area (Å²) in [6.07, 6.45) is 7.74. The summed E-state index contributed by atoms with van der Waals surface area (Å²) in [4.78, 5) is 48.0. The Morgan fingerprint density at radius 1 is 0.287 bits per heavy atom. The number of ether oxygens (including phenoxy) is 8. The van der Waals surface area contributed by atoms with Gasteiger partial charge >= 0.3 is 23.9 Å². The first-order valence-electron chi connectivity index (χ1n) is 41.3. The molecule has 12 heteroatoms. The Hall–Kier alpha value is -10.1. The fourth-order valence-electron chi connectivity index (χ4n) is 14.4. The molecular weight excluding hydrogens is 1430 g/mol. The molecular formula is C103H124O12. The van der Waals surface area contributed by atoms with E-state index in [1.54, 1.807) is 27.7 Å². The van der Waals surface area contributed by atoms with Crippen LogP contribution in [0.2, 0.25) is 0 Å². The van der Waals surface area contributed by atoms with Crippen molar-refractivity contribution < 1.29 is 57.1 Å². The van der Waals surface area contributed by atoms with E-state index in [0.717, 1.165) is 61.6 Å². The van der Waals surface area contributed by atoms with Crippen LogP contribution < -0.4 is 0 Å². The van der Waals surface area contributed by atoms with Crippen molar-refractivity contribution in [2.45, 2.75) is 228 Å². The van der Waals surface area contributed by atoms with Crippen LogP contribution in [0.15, 0.2) is 255 Å². The maximum absolute atomic E-state index is 12.1. The number of benzene rings is 11. The molecule has 0 saturated carbocycles. The normalized spacial score (nSPS) is 13.2. The predicted molar refractivity (Wildman–Crippen MR) is 477 cm³/mol. The summed E-state index contributed by atoms with van der Waals surface area (Å²) in [6.45, 7) is 48.1. The third-order valence-corrected chi connectivity index (χ3v) is 23.0. The highest BCUT2D eigenvalue weighted by molar-refractivity contribution is 6.10. The monoisotopic (exact) mass is 1550 g/mol. The van der Waals surface area contributed by atoms with Crippen molar-refractivity contribution in [3.8, 4) is 0 Å². The van der Waals surface area contributed by atoms with Crippen LogP contribution in [0, 0.1) is 0 Å². The lowest BCUT2D eigenvalue weighted by Gasteiger charge is -2.32. The third-order valence-electron chi connectivity index (χ3n) is 23.0.